The average molecular weight is 520 g/mol. The van der Waals surface area contributed by atoms with Gasteiger partial charge in [-0.15, -0.1) is 0 Å². The summed E-state index contributed by atoms with van der Waals surface area (Å²) in [5.41, 5.74) is 0.0851. The first kappa shape index (κ1) is 26.7. The minimum Gasteiger partial charge on any atom is -0.493 e. The maximum absolute atomic E-state index is 14.0. The first-order chi connectivity index (χ1) is 18.1. The van der Waals surface area contributed by atoms with E-state index in [1.54, 1.807) is 62.9 Å². The van der Waals surface area contributed by atoms with Crippen molar-refractivity contribution in [3.63, 3.8) is 0 Å². The Morgan fingerprint density at radius 3 is 2.13 bits per heavy atom. The number of Topliss-reactive ketones (excluding diaryl/α,β-unsaturated/α-hetero) is 2. The van der Waals surface area contributed by atoms with E-state index in [4.69, 9.17) is 14.2 Å². The molecule has 0 N–H and O–H groups in total. The van der Waals surface area contributed by atoms with Crippen LogP contribution in [0.3, 0.4) is 0 Å². The number of aromatic nitrogens is 1. The first-order valence-corrected chi connectivity index (χ1v) is 11.9. The smallest absolute Gasteiger partial charge is 0.162 e. The molecule has 0 saturated heterocycles. The van der Waals surface area contributed by atoms with Crippen molar-refractivity contribution >= 4 is 22.5 Å². The van der Waals surface area contributed by atoms with Crippen LogP contribution in [0.5, 0.6) is 23.0 Å². The van der Waals surface area contributed by atoms with E-state index in [1.807, 2.05) is 0 Å². The molecular formula is C30H27F2NO5. The second-order valence-electron chi connectivity index (χ2n) is 9.34. The van der Waals surface area contributed by atoms with Gasteiger partial charge in [-0.3, -0.25) is 14.6 Å². The van der Waals surface area contributed by atoms with Crippen LogP contribution in [0.25, 0.3) is 10.9 Å². The zero-order chi connectivity index (χ0) is 27.4. The van der Waals surface area contributed by atoms with Crippen LogP contribution in [0.4, 0.5) is 8.78 Å². The van der Waals surface area contributed by atoms with Gasteiger partial charge in [-0.25, -0.2) is 8.78 Å². The summed E-state index contributed by atoms with van der Waals surface area (Å²) in [4.78, 5) is 30.2. The summed E-state index contributed by atoms with van der Waals surface area (Å²) in [7, 11) is 3.11. The standard InChI is InChI=1S/C30H27F2NO5/c1-30(2,29(35)14-19-7-8-20(31)15-23(19)32)28(34)13-18-5-9-21(10-6-18)38-25-11-12-33-24-17-27(37-4)26(36-3)16-22(24)25/h5-12,15-17H,13-14H2,1-4H3. The van der Waals surface area contributed by atoms with E-state index in [9.17, 15) is 18.4 Å². The van der Waals surface area contributed by atoms with E-state index in [-0.39, 0.29) is 24.2 Å². The lowest BCUT2D eigenvalue weighted by Gasteiger charge is -2.22. The molecule has 3 aromatic carbocycles. The van der Waals surface area contributed by atoms with Gasteiger partial charge in [0.1, 0.15) is 34.7 Å². The lowest BCUT2D eigenvalue weighted by atomic mass is 9.78. The van der Waals surface area contributed by atoms with Gasteiger partial charge in [0.05, 0.1) is 25.2 Å². The summed E-state index contributed by atoms with van der Waals surface area (Å²) in [6.45, 7) is 3.04. The third-order valence-corrected chi connectivity index (χ3v) is 6.48. The fourth-order valence-corrected chi connectivity index (χ4v) is 3.96. The number of nitrogens with zero attached hydrogens (tertiary/aromatic N) is 1. The van der Waals surface area contributed by atoms with Crippen LogP contribution < -0.4 is 14.2 Å². The summed E-state index contributed by atoms with van der Waals surface area (Å²) >= 11 is 0. The van der Waals surface area contributed by atoms with Crippen molar-refractivity contribution in [2.24, 2.45) is 5.41 Å². The molecule has 38 heavy (non-hydrogen) atoms. The number of pyridine rings is 1. The number of ketones is 2. The molecule has 0 aliphatic carbocycles. The molecule has 0 fully saturated rings. The van der Waals surface area contributed by atoms with Crippen molar-refractivity contribution in [2.45, 2.75) is 26.7 Å². The van der Waals surface area contributed by atoms with Gasteiger partial charge in [0.25, 0.3) is 0 Å². The van der Waals surface area contributed by atoms with Crippen LogP contribution >= 0.6 is 0 Å². The molecule has 4 aromatic rings. The Kier molecular flexibility index (Phi) is 7.71. The summed E-state index contributed by atoms with van der Waals surface area (Å²) in [6.07, 6.45) is 1.35. The molecule has 4 rings (SSSR count). The molecule has 0 saturated carbocycles. The Labute approximate surface area is 219 Å². The number of ether oxygens (including phenoxy) is 3. The third kappa shape index (κ3) is 5.64. The van der Waals surface area contributed by atoms with Crippen LogP contribution in [0.1, 0.15) is 25.0 Å². The maximum atomic E-state index is 14.0. The molecule has 1 heterocycles. The number of methoxy groups -OCH3 is 2. The van der Waals surface area contributed by atoms with Crippen LogP contribution in [0.15, 0.2) is 66.9 Å². The van der Waals surface area contributed by atoms with Gasteiger partial charge in [0.2, 0.25) is 0 Å². The minimum atomic E-state index is -1.34. The van der Waals surface area contributed by atoms with Crippen LogP contribution in [0, 0.1) is 17.0 Å². The van der Waals surface area contributed by atoms with E-state index in [2.05, 4.69) is 4.98 Å². The Morgan fingerprint density at radius 2 is 1.47 bits per heavy atom. The molecule has 0 atom stereocenters. The third-order valence-electron chi connectivity index (χ3n) is 6.48. The van der Waals surface area contributed by atoms with Crippen LogP contribution in [-0.4, -0.2) is 30.8 Å². The van der Waals surface area contributed by atoms with E-state index in [0.717, 1.165) is 17.5 Å². The van der Waals surface area contributed by atoms with E-state index in [1.165, 1.54) is 19.9 Å². The molecule has 0 spiro atoms. The second kappa shape index (κ2) is 11.0. The number of fused-ring (bicyclic) bond motifs is 1. The molecule has 196 valence electrons. The van der Waals surface area contributed by atoms with Crippen molar-refractivity contribution in [2.75, 3.05) is 14.2 Å². The number of halogens is 2. The Bertz CT molecular complexity index is 1500. The van der Waals surface area contributed by atoms with Gasteiger partial charge in [0.15, 0.2) is 11.5 Å². The van der Waals surface area contributed by atoms with Crippen LogP contribution in [0.2, 0.25) is 0 Å². The van der Waals surface area contributed by atoms with E-state index in [0.29, 0.717) is 34.1 Å². The monoisotopic (exact) mass is 519 g/mol. The Hall–Kier alpha value is -4.33. The molecule has 0 bridgehead atoms. The molecule has 6 nitrogen and oxygen atoms in total. The normalized spacial score (nSPS) is 11.3. The summed E-state index contributed by atoms with van der Waals surface area (Å²) in [5.74, 6) is -0.0567. The van der Waals surface area contributed by atoms with E-state index < -0.39 is 22.8 Å². The largest absolute Gasteiger partial charge is 0.493 e. The zero-order valence-electron chi connectivity index (χ0n) is 21.5. The summed E-state index contributed by atoms with van der Waals surface area (Å²) < 4.78 is 44.0. The number of hydrogen-bond donors (Lipinski definition) is 0. The van der Waals surface area contributed by atoms with Gasteiger partial charge in [-0.05, 0) is 55.3 Å². The van der Waals surface area contributed by atoms with Gasteiger partial charge in [-0.2, -0.15) is 0 Å². The van der Waals surface area contributed by atoms with Crippen molar-refractivity contribution in [3.05, 3.63) is 89.6 Å². The molecule has 0 amide bonds. The van der Waals surface area contributed by atoms with Crippen molar-refractivity contribution in [3.8, 4) is 23.0 Å². The van der Waals surface area contributed by atoms with E-state index >= 15 is 0 Å². The lowest BCUT2D eigenvalue weighted by molar-refractivity contribution is -0.137. The SMILES string of the molecule is COc1cc2nccc(Oc3ccc(CC(=O)C(C)(C)C(=O)Cc4ccc(F)cc4F)cc3)c2cc1OC. The van der Waals surface area contributed by atoms with Crippen LogP contribution in [-0.2, 0) is 22.4 Å². The molecule has 0 radical (unpaired) electrons. The predicted molar refractivity (Wildman–Crippen MR) is 139 cm³/mol. The topological polar surface area (TPSA) is 74.7 Å². The molecule has 8 heteroatoms. The maximum Gasteiger partial charge on any atom is 0.162 e. The van der Waals surface area contributed by atoms with Crippen molar-refractivity contribution in [1.29, 1.82) is 0 Å². The van der Waals surface area contributed by atoms with Crippen molar-refractivity contribution < 1.29 is 32.6 Å². The molecule has 1 aromatic heterocycles. The highest BCUT2D eigenvalue weighted by Gasteiger charge is 2.35. The predicted octanol–water partition coefficient (Wildman–Crippen LogP) is 6.27. The Balaban J connectivity index is 1.46. The van der Waals surface area contributed by atoms with Gasteiger partial charge in [-0.1, -0.05) is 18.2 Å². The number of carbonyl (C=O) groups is 2. The highest BCUT2D eigenvalue weighted by atomic mass is 19.1. The number of hydrogen-bond acceptors (Lipinski definition) is 6. The molecular weight excluding hydrogens is 492 g/mol. The average Bonchev–Trinajstić information content (AvgIpc) is 2.90. The number of benzene rings is 3. The molecule has 0 unspecified atom stereocenters. The van der Waals surface area contributed by atoms with Gasteiger partial charge < -0.3 is 14.2 Å². The fraction of sp³-hybridized carbons (Fsp3) is 0.233. The first-order valence-electron chi connectivity index (χ1n) is 11.9. The fourth-order valence-electron chi connectivity index (χ4n) is 3.96. The number of rotatable bonds is 10. The van der Waals surface area contributed by atoms with Gasteiger partial charge >= 0.3 is 0 Å². The summed E-state index contributed by atoms with van der Waals surface area (Å²) in [6, 6.07) is 15.3. The highest BCUT2D eigenvalue weighted by molar-refractivity contribution is 6.07. The highest BCUT2D eigenvalue weighted by Crippen LogP contribution is 2.37. The number of carbonyl (C=O) groups excluding carboxylic acids is 2. The lowest BCUT2D eigenvalue weighted by Crippen LogP contribution is -2.36. The van der Waals surface area contributed by atoms with Gasteiger partial charge in [0, 0.05) is 36.6 Å². The quantitative estimate of drug-likeness (QED) is 0.230. The molecule has 0 aliphatic rings. The molecule has 0 aliphatic heterocycles. The van der Waals surface area contributed by atoms with Crippen molar-refractivity contribution in [1.82, 2.24) is 4.98 Å². The second-order valence-corrected chi connectivity index (χ2v) is 9.34. The minimum absolute atomic E-state index is 0.0140. The summed E-state index contributed by atoms with van der Waals surface area (Å²) in [5, 5.41) is 0.738. The Morgan fingerprint density at radius 1 is 0.816 bits per heavy atom. The zero-order valence-corrected chi connectivity index (χ0v) is 21.5.